The zero-order valence-electron chi connectivity index (χ0n) is 13.1. The van der Waals surface area contributed by atoms with Gasteiger partial charge in [-0.1, -0.05) is 12.1 Å². The predicted molar refractivity (Wildman–Crippen MR) is 84.5 cm³/mol. The molecule has 0 bridgehead atoms. The first-order valence-electron chi connectivity index (χ1n) is 6.89. The Balaban J connectivity index is 2.59. The van der Waals surface area contributed by atoms with Gasteiger partial charge in [0.15, 0.2) is 0 Å². The van der Waals surface area contributed by atoms with Gasteiger partial charge in [0.25, 0.3) is 0 Å². The number of hydrazine groups is 1. The highest BCUT2D eigenvalue weighted by Gasteiger charge is 2.09. The Bertz CT molecular complexity index is 515. The van der Waals surface area contributed by atoms with Gasteiger partial charge in [0.05, 0.1) is 13.4 Å². The number of nitrogens with zero attached hydrogens (tertiary/aromatic N) is 1. The molecule has 0 aliphatic rings. The third-order valence-corrected chi connectivity index (χ3v) is 3.45. The second kappa shape index (κ2) is 8.33. The molecular formula is C14H25N3O3S. The summed E-state index contributed by atoms with van der Waals surface area (Å²) in [6.07, 6.45) is 1.16. The maximum Gasteiger partial charge on any atom is 0.208 e. The summed E-state index contributed by atoms with van der Waals surface area (Å²) < 4.78 is 29.8. The van der Waals surface area contributed by atoms with Gasteiger partial charge in [0, 0.05) is 25.7 Å². The minimum absolute atomic E-state index is 0.279. The first-order valence-corrected chi connectivity index (χ1v) is 8.78. The van der Waals surface area contributed by atoms with E-state index in [-0.39, 0.29) is 6.04 Å². The minimum Gasteiger partial charge on any atom is -0.497 e. The lowest BCUT2D eigenvalue weighted by Gasteiger charge is -2.25. The summed E-state index contributed by atoms with van der Waals surface area (Å²) in [4.78, 5) is 0. The first kappa shape index (κ1) is 17.9. The van der Waals surface area contributed by atoms with Crippen LogP contribution in [0.5, 0.6) is 5.75 Å². The van der Waals surface area contributed by atoms with Crippen molar-refractivity contribution in [3.05, 3.63) is 29.8 Å². The van der Waals surface area contributed by atoms with E-state index >= 15 is 0 Å². The summed E-state index contributed by atoms with van der Waals surface area (Å²) in [5.41, 5.74) is 4.44. The van der Waals surface area contributed by atoms with E-state index < -0.39 is 10.0 Å². The largest absolute Gasteiger partial charge is 0.497 e. The number of hydrogen-bond donors (Lipinski definition) is 2. The van der Waals surface area contributed by atoms with Crippen molar-refractivity contribution in [3.8, 4) is 5.75 Å². The van der Waals surface area contributed by atoms with Crippen molar-refractivity contribution < 1.29 is 13.2 Å². The fourth-order valence-corrected chi connectivity index (χ4v) is 2.33. The van der Waals surface area contributed by atoms with Crippen LogP contribution < -0.4 is 14.9 Å². The fourth-order valence-electron chi connectivity index (χ4n) is 1.87. The third kappa shape index (κ3) is 8.01. The Labute approximate surface area is 127 Å². The minimum atomic E-state index is -3.15. The number of methoxy groups -OCH3 is 1. The Morgan fingerprint density at radius 3 is 2.33 bits per heavy atom. The van der Waals surface area contributed by atoms with Crippen LogP contribution in [0.25, 0.3) is 0 Å². The highest BCUT2D eigenvalue weighted by molar-refractivity contribution is 7.88. The lowest BCUT2D eigenvalue weighted by molar-refractivity contribution is 0.161. The predicted octanol–water partition coefficient (Wildman–Crippen LogP) is 0.959. The van der Waals surface area contributed by atoms with E-state index in [1.165, 1.54) is 0 Å². The summed E-state index contributed by atoms with van der Waals surface area (Å²) in [6.45, 7) is 5.73. The van der Waals surface area contributed by atoms with Crippen LogP contribution in [0.3, 0.4) is 0 Å². The Kier molecular flexibility index (Phi) is 7.10. The van der Waals surface area contributed by atoms with Crippen LogP contribution in [0.1, 0.15) is 19.4 Å². The van der Waals surface area contributed by atoms with Gasteiger partial charge in [-0.15, -0.1) is 0 Å². The molecule has 120 valence electrons. The van der Waals surface area contributed by atoms with E-state index in [4.69, 9.17) is 4.74 Å². The van der Waals surface area contributed by atoms with Gasteiger partial charge >= 0.3 is 0 Å². The number of ether oxygens (including phenoxy) is 1. The highest BCUT2D eigenvalue weighted by atomic mass is 32.2. The lowest BCUT2D eigenvalue weighted by Crippen LogP contribution is -2.45. The van der Waals surface area contributed by atoms with E-state index in [9.17, 15) is 8.42 Å². The summed E-state index contributed by atoms with van der Waals surface area (Å²) in [6, 6.07) is 8.10. The third-order valence-electron chi connectivity index (χ3n) is 2.72. The number of benzene rings is 1. The first-order chi connectivity index (χ1) is 9.80. The van der Waals surface area contributed by atoms with Crippen molar-refractivity contribution in [1.82, 2.24) is 15.2 Å². The van der Waals surface area contributed by atoms with Crippen molar-refractivity contribution in [2.24, 2.45) is 0 Å². The van der Waals surface area contributed by atoms with Crippen LogP contribution in [0.4, 0.5) is 0 Å². The number of sulfonamides is 1. The average Bonchev–Trinajstić information content (AvgIpc) is 2.37. The molecule has 21 heavy (non-hydrogen) atoms. The molecule has 0 unspecified atom stereocenters. The zero-order valence-corrected chi connectivity index (χ0v) is 13.9. The molecule has 0 atom stereocenters. The highest BCUT2D eigenvalue weighted by Crippen LogP contribution is 2.12. The van der Waals surface area contributed by atoms with E-state index in [1.807, 2.05) is 43.1 Å². The van der Waals surface area contributed by atoms with Gasteiger partial charge in [-0.05, 0) is 31.5 Å². The van der Waals surface area contributed by atoms with Crippen LogP contribution >= 0.6 is 0 Å². The second-order valence-electron chi connectivity index (χ2n) is 5.22. The molecule has 0 saturated heterocycles. The Morgan fingerprint density at radius 1 is 1.24 bits per heavy atom. The molecule has 0 saturated carbocycles. The normalized spacial score (nSPS) is 12.1. The molecule has 0 heterocycles. The molecule has 1 aromatic carbocycles. The molecule has 0 fully saturated rings. The molecule has 6 nitrogen and oxygen atoms in total. The van der Waals surface area contributed by atoms with Gasteiger partial charge in [-0.2, -0.15) is 0 Å². The maximum absolute atomic E-state index is 11.1. The van der Waals surface area contributed by atoms with Crippen molar-refractivity contribution in [2.75, 3.05) is 26.5 Å². The zero-order chi connectivity index (χ0) is 15.9. The van der Waals surface area contributed by atoms with Gasteiger partial charge in [0.2, 0.25) is 10.0 Å². The Hall–Kier alpha value is -1.15. The van der Waals surface area contributed by atoms with Crippen molar-refractivity contribution in [2.45, 2.75) is 26.4 Å². The number of nitrogens with one attached hydrogen (secondary N) is 2. The summed E-state index contributed by atoms with van der Waals surface area (Å²) in [5.74, 6) is 0.820. The number of rotatable bonds is 9. The van der Waals surface area contributed by atoms with Crippen LogP contribution in [-0.2, 0) is 16.6 Å². The topological polar surface area (TPSA) is 70.7 Å². The van der Waals surface area contributed by atoms with Crippen LogP contribution in [0, 0.1) is 0 Å². The fraction of sp³-hybridized carbons (Fsp3) is 0.571. The molecule has 0 amide bonds. The molecule has 0 spiro atoms. The molecule has 7 heteroatoms. The maximum atomic E-state index is 11.1. The molecule has 1 rings (SSSR count). The SMILES string of the molecule is COc1ccc(CN(CCNS(C)(=O)=O)NC(C)C)cc1. The molecule has 0 aromatic heterocycles. The second-order valence-corrected chi connectivity index (χ2v) is 7.05. The molecule has 0 aliphatic carbocycles. The Morgan fingerprint density at radius 2 is 1.86 bits per heavy atom. The van der Waals surface area contributed by atoms with Crippen LogP contribution in [0.2, 0.25) is 0 Å². The smallest absolute Gasteiger partial charge is 0.208 e. The van der Waals surface area contributed by atoms with Gasteiger partial charge in [-0.3, -0.25) is 5.43 Å². The van der Waals surface area contributed by atoms with Crippen LogP contribution in [-0.4, -0.2) is 45.9 Å². The standard InChI is InChI=1S/C14H25N3O3S/c1-12(2)16-17(10-9-15-21(4,18)19)11-13-5-7-14(20-3)8-6-13/h5-8,12,15-16H,9-11H2,1-4H3. The summed E-state index contributed by atoms with van der Waals surface area (Å²) in [5, 5.41) is 2.00. The van der Waals surface area contributed by atoms with E-state index in [2.05, 4.69) is 10.1 Å². The van der Waals surface area contributed by atoms with Gasteiger partial charge in [0.1, 0.15) is 5.75 Å². The number of hydrogen-bond acceptors (Lipinski definition) is 5. The lowest BCUT2D eigenvalue weighted by atomic mass is 10.2. The average molecular weight is 315 g/mol. The quantitative estimate of drug-likeness (QED) is 0.664. The summed E-state index contributed by atoms with van der Waals surface area (Å²) >= 11 is 0. The van der Waals surface area contributed by atoms with E-state index in [0.717, 1.165) is 17.6 Å². The summed E-state index contributed by atoms with van der Waals surface area (Å²) in [7, 11) is -1.51. The van der Waals surface area contributed by atoms with E-state index in [1.54, 1.807) is 7.11 Å². The molecule has 2 N–H and O–H groups in total. The van der Waals surface area contributed by atoms with Crippen molar-refractivity contribution >= 4 is 10.0 Å². The molecular weight excluding hydrogens is 290 g/mol. The van der Waals surface area contributed by atoms with Gasteiger partial charge < -0.3 is 4.74 Å². The van der Waals surface area contributed by atoms with Crippen LogP contribution in [0.15, 0.2) is 24.3 Å². The molecule has 1 aromatic rings. The monoisotopic (exact) mass is 315 g/mol. The van der Waals surface area contributed by atoms with E-state index in [0.29, 0.717) is 19.6 Å². The molecule has 0 radical (unpaired) electrons. The van der Waals surface area contributed by atoms with Crippen molar-refractivity contribution in [1.29, 1.82) is 0 Å². The molecule has 0 aliphatic heterocycles. The van der Waals surface area contributed by atoms with Gasteiger partial charge in [-0.25, -0.2) is 18.1 Å². The van der Waals surface area contributed by atoms with Crippen molar-refractivity contribution in [3.63, 3.8) is 0 Å².